The molecule has 2 aromatic rings. The quantitative estimate of drug-likeness (QED) is 0.374. The number of ketones is 2. The van der Waals surface area contributed by atoms with Crippen LogP contribution in [0.1, 0.15) is 56.9 Å². The molecule has 166 valence electrons. The van der Waals surface area contributed by atoms with Crippen molar-refractivity contribution < 1.29 is 32.3 Å². The second-order valence-corrected chi connectivity index (χ2v) is 8.12. The Balaban J connectivity index is 1.69. The smallest absolute Gasteiger partial charge is 0.434 e. The summed E-state index contributed by atoms with van der Waals surface area (Å²) >= 11 is 0. The van der Waals surface area contributed by atoms with E-state index >= 15 is 0 Å². The molecule has 0 N–H and O–H groups in total. The van der Waals surface area contributed by atoms with Crippen LogP contribution >= 0.6 is 0 Å². The summed E-state index contributed by atoms with van der Waals surface area (Å²) in [6.07, 6.45) is -1.13. The van der Waals surface area contributed by atoms with Crippen molar-refractivity contribution >= 4 is 17.5 Å². The van der Waals surface area contributed by atoms with E-state index in [4.69, 9.17) is 4.74 Å². The van der Waals surface area contributed by atoms with Crippen molar-refractivity contribution in [3.05, 3.63) is 76.1 Å². The number of aromatic nitrogens is 1. The fourth-order valence-electron chi connectivity index (χ4n) is 4.28. The second kappa shape index (κ2) is 8.33. The standard InChI is InChI=1S/C24H20F3NO4/c1-13-17(21(30)18-10-15-7-8-16(9-15)20(18)29)11-19(22(28-13)24(25,26)27)23(31)32-12-14-5-3-2-4-6-14/h2-6,10-11,15-16H,7-9,12H2,1H3. The number of benzene rings is 1. The van der Waals surface area contributed by atoms with Crippen molar-refractivity contribution in [3.63, 3.8) is 0 Å². The van der Waals surface area contributed by atoms with Crippen molar-refractivity contribution in [1.82, 2.24) is 4.98 Å². The van der Waals surface area contributed by atoms with E-state index in [1.807, 2.05) is 0 Å². The molecule has 0 saturated heterocycles. The van der Waals surface area contributed by atoms with E-state index < -0.39 is 29.2 Å². The number of carbonyl (C=O) groups excluding carboxylic acids is 3. The van der Waals surface area contributed by atoms with Gasteiger partial charge in [0.05, 0.1) is 11.1 Å². The van der Waals surface area contributed by atoms with Crippen LogP contribution in [0.25, 0.3) is 0 Å². The zero-order valence-corrected chi connectivity index (χ0v) is 17.2. The van der Waals surface area contributed by atoms with Gasteiger partial charge in [0.15, 0.2) is 17.3 Å². The Hall–Kier alpha value is -3.29. The molecule has 4 rings (SSSR count). The van der Waals surface area contributed by atoms with Crippen molar-refractivity contribution in [2.45, 2.75) is 39.0 Å². The van der Waals surface area contributed by atoms with Crippen LogP contribution in [0.2, 0.25) is 0 Å². The molecular formula is C24H20F3NO4. The minimum Gasteiger partial charge on any atom is -0.457 e. The maximum Gasteiger partial charge on any atom is 0.434 e. The van der Waals surface area contributed by atoms with Gasteiger partial charge in [-0.25, -0.2) is 9.78 Å². The number of esters is 1. The number of Topliss-reactive ketones (excluding diaryl/α,β-unsaturated/α-hetero) is 2. The molecule has 2 bridgehead atoms. The van der Waals surface area contributed by atoms with Crippen LogP contribution < -0.4 is 0 Å². The van der Waals surface area contributed by atoms with Gasteiger partial charge in [-0.15, -0.1) is 0 Å². The summed E-state index contributed by atoms with van der Waals surface area (Å²) in [6, 6.07) is 9.34. The summed E-state index contributed by atoms with van der Waals surface area (Å²) in [5.41, 5.74) is -2.11. The summed E-state index contributed by atoms with van der Waals surface area (Å²) in [7, 11) is 0. The van der Waals surface area contributed by atoms with Gasteiger partial charge in [0.1, 0.15) is 6.61 Å². The highest BCUT2D eigenvalue weighted by Gasteiger charge is 2.41. The van der Waals surface area contributed by atoms with Crippen LogP contribution in [0.4, 0.5) is 13.2 Å². The minimum absolute atomic E-state index is 0.0305. The minimum atomic E-state index is -4.92. The lowest BCUT2D eigenvalue weighted by atomic mass is 9.84. The first-order valence-electron chi connectivity index (χ1n) is 10.3. The summed E-state index contributed by atoms with van der Waals surface area (Å²) in [6.45, 7) is 1.02. The molecule has 0 aliphatic heterocycles. The molecule has 5 nitrogen and oxygen atoms in total. The van der Waals surface area contributed by atoms with Gasteiger partial charge in [-0.3, -0.25) is 9.59 Å². The number of nitrogens with zero attached hydrogens (tertiary/aromatic N) is 1. The van der Waals surface area contributed by atoms with Crippen LogP contribution in [0.3, 0.4) is 0 Å². The van der Waals surface area contributed by atoms with E-state index in [-0.39, 0.29) is 41.1 Å². The van der Waals surface area contributed by atoms with Gasteiger partial charge in [-0.05, 0) is 43.7 Å². The molecule has 1 heterocycles. The number of halogens is 3. The summed E-state index contributed by atoms with van der Waals surface area (Å²) in [4.78, 5) is 41.8. The number of pyridine rings is 1. The maximum atomic E-state index is 13.6. The van der Waals surface area contributed by atoms with Gasteiger partial charge in [-0.1, -0.05) is 36.4 Å². The molecule has 2 aliphatic rings. The Kier molecular flexibility index (Phi) is 5.71. The van der Waals surface area contributed by atoms with Crippen LogP contribution in [0.5, 0.6) is 0 Å². The van der Waals surface area contributed by atoms with E-state index in [1.165, 1.54) is 6.92 Å². The van der Waals surface area contributed by atoms with Gasteiger partial charge in [0.25, 0.3) is 0 Å². The number of aryl methyl sites for hydroxylation is 1. The third kappa shape index (κ3) is 4.22. The third-order valence-corrected chi connectivity index (χ3v) is 5.92. The number of hydrogen-bond acceptors (Lipinski definition) is 5. The lowest BCUT2D eigenvalue weighted by Crippen LogP contribution is -2.26. The topological polar surface area (TPSA) is 73.3 Å². The van der Waals surface area contributed by atoms with E-state index in [0.29, 0.717) is 18.4 Å². The summed E-state index contributed by atoms with van der Waals surface area (Å²) in [5, 5.41) is 0. The van der Waals surface area contributed by atoms with E-state index in [1.54, 1.807) is 36.4 Å². The van der Waals surface area contributed by atoms with Gasteiger partial charge < -0.3 is 4.74 Å². The first-order valence-corrected chi connectivity index (χ1v) is 10.3. The fraction of sp³-hybridized carbons (Fsp3) is 0.333. The molecule has 1 aromatic heterocycles. The Bertz CT molecular complexity index is 1120. The molecule has 2 aliphatic carbocycles. The molecule has 1 fully saturated rings. The normalized spacial score (nSPS) is 20.1. The van der Waals surface area contributed by atoms with Gasteiger partial charge in [0.2, 0.25) is 0 Å². The monoisotopic (exact) mass is 443 g/mol. The lowest BCUT2D eigenvalue weighted by molar-refractivity contribution is -0.141. The van der Waals surface area contributed by atoms with Crippen LogP contribution in [0, 0.1) is 18.8 Å². The fourth-order valence-corrected chi connectivity index (χ4v) is 4.28. The van der Waals surface area contributed by atoms with Crippen molar-refractivity contribution in [3.8, 4) is 0 Å². The number of hydrogen-bond donors (Lipinski definition) is 0. The van der Waals surface area contributed by atoms with E-state index in [2.05, 4.69) is 4.98 Å². The van der Waals surface area contributed by atoms with Crippen LogP contribution in [-0.4, -0.2) is 22.5 Å². The summed E-state index contributed by atoms with van der Waals surface area (Å²) < 4.78 is 45.8. The van der Waals surface area contributed by atoms with Gasteiger partial charge in [-0.2, -0.15) is 13.2 Å². The van der Waals surface area contributed by atoms with E-state index in [9.17, 15) is 27.6 Å². The molecule has 1 saturated carbocycles. The highest BCUT2D eigenvalue weighted by atomic mass is 19.4. The number of carbonyl (C=O) groups is 3. The molecule has 0 amide bonds. The second-order valence-electron chi connectivity index (χ2n) is 8.12. The zero-order chi connectivity index (χ0) is 23.0. The first-order chi connectivity index (χ1) is 15.1. The average molecular weight is 443 g/mol. The Labute approximate surface area is 182 Å². The van der Waals surface area contributed by atoms with Crippen LogP contribution in [-0.2, 0) is 22.3 Å². The summed E-state index contributed by atoms with van der Waals surface area (Å²) in [5.74, 6) is -2.37. The average Bonchev–Trinajstić information content (AvgIpc) is 3.17. The molecule has 2 atom stereocenters. The Morgan fingerprint density at radius 2 is 1.84 bits per heavy atom. The predicted molar refractivity (Wildman–Crippen MR) is 108 cm³/mol. The lowest BCUT2D eigenvalue weighted by Gasteiger charge is -2.19. The molecule has 0 radical (unpaired) electrons. The maximum absolute atomic E-state index is 13.6. The van der Waals surface area contributed by atoms with Gasteiger partial charge in [0, 0.05) is 17.2 Å². The predicted octanol–water partition coefficient (Wildman–Crippen LogP) is 4.87. The largest absolute Gasteiger partial charge is 0.457 e. The molecule has 1 aromatic carbocycles. The third-order valence-electron chi connectivity index (χ3n) is 5.92. The van der Waals surface area contributed by atoms with Crippen molar-refractivity contribution in [1.29, 1.82) is 0 Å². The highest BCUT2D eigenvalue weighted by molar-refractivity contribution is 6.27. The van der Waals surface area contributed by atoms with Crippen LogP contribution in [0.15, 0.2) is 48.0 Å². The first kappa shape index (κ1) is 21.9. The molecule has 8 heteroatoms. The zero-order valence-electron chi connectivity index (χ0n) is 17.2. The van der Waals surface area contributed by atoms with E-state index in [0.717, 1.165) is 12.5 Å². The number of ether oxygens (including phenoxy) is 1. The molecule has 2 unspecified atom stereocenters. The Morgan fingerprint density at radius 1 is 1.12 bits per heavy atom. The molecule has 0 spiro atoms. The highest BCUT2D eigenvalue weighted by Crippen LogP contribution is 2.40. The number of alkyl halides is 3. The molecule has 32 heavy (non-hydrogen) atoms. The number of fused-ring (bicyclic) bond motifs is 2. The van der Waals surface area contributed by atoms with Gasteiger partial charge >= 0.3 is 12.1 Å². The Morgan fingerprint density at radius 3 is 2.53 bits per heavy atom. The SMILES string of the molecule is Cc1nc(C(F)(F)F)c(C(=O)OCc2ccccc2)cc1C(=O)C1=CC2CCC(C2)C1=O. The number of rotatable bonds is 5. The van der Waals surface area contributed by atoms with Crippen molar-refractivity contribution in [2.24, 2.45) is 11.8 Å². The number of allylic oxidation sites excluding steroid dienone is 2. The molecular weight excluding hydrogens is 423 g/mol. The van der Waals surface area contributed by atoms with Crippen molar-refractivity contribution in [2.75, 3.05) is 0 Å².